The number of nitrogens with zero attached hydrogens (tertiary/aromatic N) is 2. The minimum atomic E-state index is 0.0977. The van der Waals surface area contributed by atoms with Crippen molar-refractivity contribution in [3.8, 4) is 0 Å². The molecule has 1 amide bonds. The van der Waals surface area contributed by atoms with Crippen LogP contribution in [0.2, 0.25) is 0 Å². The van der Waals surface area contributed by atoms with Gasteiger partial charge in [-0.2, -0.15) is 0 Å². The third kappa shape index (κ3) is 2.90. The van der Waals surface area contributed by atoms with Gasteiger partial charge >= 0.3 is 0 Å². The Kier molecular flexibility index (Phi) is 4.15. The molecule has 1 saturated heterocycles. The van der Waals surface area contributed by atoms with Crippen LogP contribution in [0.5, 0.6) is 0 Å². The first kappa shape index (κ1) is 14.0. The van der Waals surface area contributed by atoms with Crippen molar-refractivity contribution in [2.24, 2.45) is 0 Å². The van der Waals surface area contributed by atoms with Gasteiger partial charge in [0.2, 0.25) is 0 Å². The normalized spacial score (nSPS) is 19.2. The second-order valence-corrected chi connectivity index (χ2v) is 5.63. The number of carbonyl (C=O) groups excluding carboxylic acids is 1. The van der Waals surface area contributed by atoms with Gasteiger partial charge in [0.25, 0.3) is 5.91 Å². The summed E-state index contributed by atoms with van der Waals surface area (Å²) in [6.45, 7) is 2.04. The van der Waals surface area contributed by atoms with Gasteiger partial charge in [0.05, 0.1) is 11.1 Å². The summed E-state index contributed by atoms with van der Waals surface area (Å²) >= 11 is 0. The number of carbonyl (C=O) groups is 1. The average Bonchev–Trinajstić information content (AvgIpc) is 2.82. The van der Waals surface area contributed by atoms with E-state index in [2.05, 4.69) is 10.3 Å². The van der Waals surface area contributed by atoms with Gasteiger partial charge in [-0.1, -0.05) is 18.2 Å². The highest BCUT2D eigenvalue weighted by Crippen LogP contribution is 2.20. The Bertz CT molecular complexity index is 627. The molecule has 0 bridgehead atoms. The summed E-state index contributed by atoms with van der Waals surface area (Å²) < 4.78 is 0. The molecule has 3 rings (SSSR count). The van der Waals surface area contributed by atoms with Crippen molar-refractivity contribution in [3.63, 3.8) is 0 Å². The Morgan fingerprint density at radius 1 is 1.24 bits per heavy atom. The molecule has 0 radical (unpaired) electrons. The fourth-order valence-electron chi connectivity index (χ4n) is 3.03. The van der Waals surface area contributed by atoms with E-state index in [-0.39, 0.29) is 5.91 Å². The molecule has 1 fully saturated rings. The van der Waals surface area contributed by atoms with Gasteiger partial charge in [-0.3, -0.25) is 9.78 Å². The van der Waals surface area contributed by atoms with Crippen LogP contribution in [0.25, 0.3) is 10.9 Å². The molecule has 1 aliphatic rings. The van der Waals surface area contributed by atoms with E-state index in [1.807, 2.05) is 42.3 Å². The SMILES string of the molecule is CN(C(=O)c1ccnc2ccccc12)C1CCCNCC1. The first-order chi connectivity index (χ1) is 10.3. The van der Waals surface area contributed by atoms with E-state index < -0.39 is 0 Å². The Hall–Kier alpha value is -1.94. The van der Waals surface area contributed by atoms with Crippen LogP contribution in [0.1, 0.15) is 29.6 Å². The number of amides is 1. The van der Waals surface area contributed by atoms with Crippen molar-refractivity contribution in [3.05, 3.63) is 42.1 Å². The fourth-order valence-corrected chi connectivity index (χ4v) is 3.03. The number of benzene rings is 1. The molecular weight excluding hydrogens is 262 g/mol. The maximum absolute atomic E-state index is 12.8. The molecular formula is C17H21N3O. The molecule has 1 N–H and O–H groups in total. The highest BCUT2D eigenvalue weighted by molar-refractivity contribution is 6.05. The highest BCUT2D eigenvalue weighted by atomic mass is 16.2. The minimum absolute atomic E-state index is 0.0977. The summed E-state index contributed by atoms with van der Waals surface area (Å²) in [5, 5.41) is 4.33. The summed E-state index contributed by atoms with van der Waals surface area (Å²) in [7, 11) is 1.92. The number of hydrogen-bond donors (Lipinski definition) is 1. The first-order valence-electron chi connectivity index (χ1n) is 7.59. The zero-order chi connectivity index (χ0) is 14.7. The Morgan fingerprint density at radius 2 is 2.10 bits per heavy atom. The molecule has 4 nitrogen and oxygen atoms in total. The Balaban J connectivity index is 1.89. The van der Waals surface area contributed by atoms with Gasteiger partial charge in [-0.05, 0) is 44.5 Å². The maximum Gasteiger partial charge on any atom is 0.254 e. The second-order valence-electron chi connectivity index (χ2n) is 5.63. The number of aromatic nitrogens is 1. The quantitative estimate of drug-likeness (QED) is 0.921. The molecule has 1 aromatic carbocycles. The molecule has 0 spiro atoms. The molecule has 110 valence electrons. The summed E-state index contributed by atoms with van der Waals surface area (Å²) in [5.41, 5.74) is 1.62. The number of fused-ring (bicyclic) bond motifs is 1. The first-order valence-corrected chi connectivity index (χ1v) is 7.59. The van der Waals surface area contributed by atoms with E-state index in [1.165, 1.54) is 0 Å². The Morgan fingerprint density at radius 3 is 3.00 bits per heavy atom. The van der Waals surface area contributed by atoms with Crippen LogP contribution in [-0.4, -0.2) is 42.0 Å². The lowest BCUT2D eigenvalue weighted by atomic mass is 10.0. The van der Waals surface area contributed by atoms with Crippen molar-refractivity contribution in [1.29, 1.82) is 0 Å². The second kappa shape index (κ2) is 6.22. The van der Waals surface area contributed by atoms with Crippen LogP contribution >= 0.6 is 0 Å². The molecule has 1 atom stereocenters. The van der Waals surface area contributed by atoms with E-state index in [0.717, 1.165) is 48.8 Å². The van der Waals surface area contributed by atoms with Crippen LogP contribution < -0.4 is 5.32 Å². The van der Waals surface area contributed by atoms with E-state index in [1.54, 1.807) is 6.20 Å². The van der Waals surface area contributed by atoms with E-state index in [0.29, 0.717) is 6.04 Å². The summed E-state index contributed by atoms with van der Waals surface area (Å²) in [4.78, 5) is 19.1. The molecule has 1 aliphatic heterocycles. The smallest absolute Gasteiger partial charge is 0.254 e. The van der Waals surface area contributed by atoms with Crippen molar-refractivity contribution in [2.75, 3.05) is 20.1 Å². The van der Waals surface area contributed by atoms with Gasteiger partial charge in [0.1, 0.15) is 0 Å². The van der Waals surface area contributed by atoms with Crippen LogP contribution in [0.3, 0.4) is 0 Å². The number of rotatable bonds is 2. The van der Waals surface area contributed by atoms with E-state index >= 15 is 0 Å². The Labute approximate surface area is 125 Å². The van der Waals surface area contributed by atoms with Crippen LogP contribution in [0.4, 0.5) is 0 Å². The molecule has 0 saturated carbocycles. The predicted octanol–water partition coefficient (Wildman–Crippen LogP) is 2.45. The third-order valence-corrected chi connectivity index (χ3v) is 4.29. The molecule has 1 aromatic heterocycles. The van der Waals surface area contributed by atoms with E-state index in [4.69, 9.17) is 0 Å². The predicted molar refractivity (Wildman–Crippen MR) is 84.3 cm³/mol. The van der Waals surface area contributed by atoms with Gasteiger partial charge in [-0.25, -0.2) is 0 Å². The minimum Gasteiger partial charge on any atom is -0.339 e. The standard InChI is InChI=1S/C17H21N3O/c1-20(13-5-4-10-18-11-8-13)17(21)15-9-12-19-16-7-3-2-6-14(15)16/h2-3,6-7,9,12-13,18H,4-5,8,10-11H2,1H3. The van der Waals surface area contributed by atoms with Gasteiger partial charge in [0, 0.05) is 24.7 Å². The molecule has 2 heterocycles. The topological polar surface area (TPSA) is 45.2 Å². The zero-order valence-electron chi connectivity index (χ0n) is 12.4. The highest BCUT2D eigenvalue weighted by Gasteiger charge is 2.23. The van der Waals surface area contributed by atoms with Crippen LogP contribution in [0, 0.1) is 0 Å². The number of nitrogens with one attached hydrogen (secondary N) is 1. The summed E-state index contributed by atoms with van der Waals surface area (Å²) in [6, 6.07) is 9.97. The molecule has 1 unspecified atom stereocenters. The fraction of sp³-hybridized carbons (Fsp3) is 0.412. The van der Waals surface area contributed by atoms with Gasteiger partial charge in [-0.15, -0.1) is 0 Å². The number of para-hydroxylation sites is 1. The van der Waals surface area contributed by atoms with Crippen molar-refractivity contribution in [2.45, 2.75) is 25.3 Å². The molecule has 0 aliphatic carbocycles. The monoisotopic (exact) mass is 283 g/mol. The van der Waals surface area contributed by atoms with Crippen LogP contribution in [-0.2, 0) is 0 Å². The third-order valence-electron chi connectivity index (χ3n) is 4.29. The van der Waals surface area contributed by atoms with Crippen LogP contribution in [0.15, 0.2) is 36.5 Å². The largest absolute Gasteiger partial charge is 0.339 e. The molecule has 21 heavy (non-hydrogen) atoms. The average molecular weight is 283 g/mol. The van der Waals surface area contributed by atoms with E-state index in [9.17, 15) is 4.79 Å². The lowest BCUT2D eigenvalue weighted by Gasteiger charge is -2.27. The molecule has 4 heteroatoms. The van der Waals surface area contributed by atoms with Crippen molar-refractivity contribution < 1.29 is 4.79 Å². The number of pyridine rings is 1. The lowest BCUT2D eigenvalue weighted by Crippen LogP contribution is -2.37. The lowest BCUT2D eigenvalue weighted by molar-refractivity contribution is 0.0722. The summed E-state index contributed by atoms with van der Waals surface area (Å²) in [6.07, 6.45) is 4.93. The zero-order valence-corrected chi connectivity index (χ0v) is 12.4. The number of hydrogen-bond acceptors (Lipinski definition) is 3. The molecule has 2 aromatic rings. The maximum atomic E-state index is 12.8. The summed E-state index contributed by atoms with van der Waals surface area (Å²) in [5.74, 6) is 0.0977. The van der Waals surface area contributed by atoms with Gasteiger partial charge in [0.15, 0.2) is 0 Å². The van der Waals surface area contributed by atoms with Crippen molar-refractivity contribution >= 4 is 16.8 Å². The van der Waals surface area contributed by atoms with Gasteiger partial charge < -0.3 is 10.2 Å². The van der Waals surface area contributed by atoms with Crippen molar-refractivity contribution in [1.82, 2.24) is 15.2 Å².